The number of nitrogens with zero attached hydrogens (tertiary/aromatic N) is 3. The first-order valence-electron chi connectivity index (χ1n) is 9.85. The van der Waals surface area contributed by atoms with Crippen molar-refractivity contribution in [3.8, 4) is 0 Å². The summed E-state index contributed by atoms with van der Waals surface area (Å²) in [6.45, 7) is 0. The van der Waals surface area contributed by atoms with Crippen LogP contribution in [0.1, 0.15) is 11.1 Å². The Morgan fingerprint density at radius 2 is 1.75 bits per heavy atom. The van der Waals surface area contributed by atoms with Gasteiger partial charge in [-0.05, 0) is 48.6 Å². The number of amides is 1. The van der Waals surface area contributed by atoms with Gasteiger partial charge in [0, 0.05) is 41.0 Å². The second-order valence-corrected chi connectivity index (χ2v) is 8.55. The molecule has 162 valence electrons. The third-order valence-corrected chi connectivity index (χ3v) is 6.07. The Balaban J connectivity index is 1.74. The molecule has 5 nitrogen and oxygen atoms in total. The molecule has 1 aliphatic rings. The Hall–Kier alpha value is -2.93. The maximum absolute atomic E-state index is 13.3. The molecule has 0 aromatic heterocycles. The Kier molecular flexibility index (Phi) is 6.46. The topological polar surface area (TPSA) is 47.9 Å². The molecule has 0 spiro atoms. The molecular weight excluding hydrogens is 463 g/mol. The predicted molar refractivity (Wildman–Crippen MR) is 136 cm³/mol. The molecule has 0 fully saturated rings. The van der Waals surface area contributed by atoms with Crippen molar-refractivity contribution in [1.82, 2.24) is 5.32 Å². The van der Waals surface area contributed by atoms with E-state index in [2.05, 4.69) is 5.32 Å². The number of carbonyl (C=O) groups excluding carboxylic acids is 1. The van der Waals surface area contributed by atoms with Crippen LogP contribution in [0.2, 0.25) is 10.0 Å². The van der Waals surface area contributed by atoms with Crippen LogP contribution in [-0.4, -0.2) is 37.0 Å². The molecule has 1 heterocycles. The normalized spacial score (nSPS) is 15.5. The van der Waals surface area contributed by atoms with Crippen molar-refractivity contribution in [2.24, 2.45) is 4.99 Å². The van der Waals surface area contributed by atoms with Gasteiger partial charge in [-0.15, -0.1) is 0 Å². The summed E-state index contributed by atoms with van der Waals surface area (Å²) in [5.74, 6) is -0.235. The monoisotopic (exact) mass is 482 g/mol. The lowest BCUT2D eigenvalue weighted by Gasteiger charge is -2.25. The van der Waals surface area contributed by atoms with E-state index in [1.54, 1.807) is 35.0 Å². The lowest BCUT2D eigenvalue weighted by molar-refractivity contribution is -0.119. The number of hydrogen-bond acceptors (Lipinski definition) is 3. The third-order valence-electron chi connectivity index (χ3n) is 5.21. The minimum atomic E-state index is -0.921. The summed E-state index contributed by atoms with van der Waals surface area (Å²) in [6, 6.07) is 22.4. The van der Waals surface area contributed by atoms with Gasteiger partial charge in [-0.1, -0.05) is 59.6 Å². The summed E-state index contributed by atoms with van der Waals surface area (Å²) >= 11 is 18.0. The lowest BCUT2D eigenvalue weighted by Crippen LogP contribution is -2.49. The van der Waals surface area contributed by atoms with Gasteiger partial charge in [-0.2, -0.15) is 0 Å². The maximum Gasteiger partial charge on any atom is 0.272 e. The predicted octanol–water partition coefficient (Wildman–Crippen LogP) is 5.14. The summed E-state index contributed by atoms with van der Waals surface area (Å²) in [5.41, 5.74) is 3.83. The van der Waals surface area contributed by atoms with Gasteiger partial charge in [-0.25, -0.2) is 4.99 Å². The number of nitrogens with one attached hydrogen (secondary N) is 1. The van der Waals surface area contributed by atoms with Crippen molar-refractivity contribution < 1.29 is 4.79 Å². The smallest absolute Gasteiger partial charge is 0.272 e. The Bertz CT molecular complexity index is 1220. The minimum absolute atomic E-state index is 0.235. The molecule has 1 N–H and O–H groups in total. The number of benzodiazepines with no additional fused rings is 1. The Labute approximate surface area is 202 Å². The van der Waals surface area contributed by atoms with Gasteiger partial charge >= 0.3 is 0 Å². The number of rotatable bonds is 3. The van der Waals surface area contributed by atoms with E-state index in [0.717, 1.165) is 22.5 Å². The fraction of sp³-hybridized carbons (Fsp3) is 0.125. The van der Waals surface area contributed by atoms with E-state index in [1.807, 2.05) is 61.6 Å². The number of benzene rings is 3. The second-order valence-electron chi connectivity index (χ2n) is 7.29. The first kappa shape index (κ1) is 22.3. The van der Waals surface area contributed by atoms with Crippen LogP contribution in [0, 0.1) is 0 Å². The summed E-state index contributed by atoms with van der Waals surface area (Å²) in [6.07, 6.45) is -0.921. The molecule has 0 saturated heterocycles. The highest BCUT2D eigenvalue weighted by Crippen LogP contribution is 2.30. The molecule has 1 amide bonds. The van der Waals surface area contributed by atoms with Crippen molar-refractivity contribution in [3.63, 3.8) is 0 Å². The van der Waals surface area contributed by atoms with Crippen LogP contribution in [0.4, 0.5) is 11.4 Å². The van der Waals surface area contributed by atoms with Crippen molar-refractivity contribution in [2.75, 3.05) is 23.9 Å². The van der Waals surface area contributed by atoms with Crippen LogP contribution in [0.15, 0.2) is 77.8 Å². The number of likely N-dealkylation sites (N-methyl/N-ethyl adjacent to an activating group) is 1. The fourth-order valence-electron chi connectivity index (χ4n) is 3.48. The van der Waals surface area contributed by atoms with Crippen LogP contribution in [-0.2, 0) is 4.79 Å². The third kappa shape index (κ3) is 4.48. The molecule has 8 heteroatoms. The van der Waals surface area contributed by atoms with Crippen LogP contribution >= 0.6 is 35.4 Å². The van der Waals surface area contributed by atoms with Crippen molar-refractivity contribution in [1.29, 1.82) is 0 Å². The molecule has 0 radical (unpaired) electrons. The number of hydrogen-bond donors (Lipinski definition) is 1. The van der Waals surface area contributed by atoms with Crippen LogP contribution < -0.4 is 15.1 Å². The molecule has 3 aromatic carbocycles. The van der Waals surface area contributed by atoms with E-state index < -0.39 is 6.17 Å². The molecule has 3 aromatic rings. The van der Waals surface area contributed by atoms with Gasteiger partial charge in [0.2, 0.25) is 6.17 Å². The van der Waals surface area contributed by atoms with Gasteiger partial charge in [0.1, 0.15) is 0 Å². The Morgan fingerprint density at radius 1 is 1.03 bits per heavy atom. The van der Waals surface area contributed by atoms with Gasteiger partial charge < -0.3 is 15.1 Å². The lowest BCUT2D eigenvalue weighted by atomic mass is 10.0. The summed E-state index contributed by atoms with van der Waals surface area (Å²) in [5, 5.41) is 4.62. The SMILES string of the molecule is CN(C(=S)NC1N=C(c2ccccc2)c2cc(Cl)ccc2N(C)C1=O)c1cccc(Cl)c1. The first-order valence-corrected chi connectivity index (χ1v) is 11.0. The quantitative estimate of drug-likeness (QED) is 0.524. The zero-order valence-electron chi connectivity index (χ0n) is 17.4. The average molecular weight is 483 g/mol. The molecule has 1 atom stereocenters. The number of fused-ring (bicyclic) bond motifs is 1. The van der Waals surface area contributed by atoms with E-state index in [-0.39, 0.29) is 5.91 Å². The van der Waals surface area contributed by atoms with Crippen LogP contribution in [0.5, 0.6) is 0 Å². The molecule has 32 heavy (non-hydrogen) atoms. The van der Waals surface area contributed by atoms with Gasteiger partial charge in [0.15, 0.2) is 5.11 Å². The molecule has 4 rings (SSSR count). The number of aliphatic imine (C=N–C) groups is 1. The molecule has 0 saturated carbocycles. The van der Waals surface area contributed by atoms with E-state index in [4.69, 9.17) is 40.4 Å². The number of carbonyl (C=O) groups is 1. The largest absolute Gasteiger partial charge is 0.333 e. The van der Waals surface area contributed by atoms with E-state index in [1.165, 1.54) is 0 Å². The van der Waals surface area contributed by atoms with Gasteiger partial charge in [-0.3, -0.25) is 4.79 Å². The summed E-state index contributed by atoms with van der Waals surface area (Å²) in [7, 11) is 3.53. The van der Waals surface area contributed by atoms with E-state index in [0.29, 0.717) is 20.9 Å². The average Bonchev–Trinajstić information content (AvgIpc) is 2.89. The van der Waals surface area contributed by atoms with Gasteiger partial charge in [0.25, 0.3) is 5.91 Å². The van der Waals surface area contributed by atoms with E-state index in [9.17, 15) is 4.79 Å². The Morgan fingerprint density at radius 3 is 2.47 bits per heavy atom. The highest BCUT2D eigenvalue weighted by Gasteiger charge is 2.31. The number of thiocarbonyl (C=S) groups is 1. The number of halogens is 2. The van der Waals surface area contributed by atoms with Crippen molar-refractivity contribution in [3.05, 3.63) is 94.0 Å². The standard InChI is InChI=1S/C24H20Cl2N4OS/c1-29(18-10-6-9-16(25)13-18)24(32)28-22-23(31)30(2)20-12-11-17(26)14-19(20)21(27-22)15-7-4-3-5-8-15/h3-14,22H,1-2H3,(H,28,32). The number of anilines is 2. The van der Waals surface area contributed by atoms with Crippen LogP contribution in [0.25, 0.3) is 0 Å². The zero-order valence-corrected chi connectivity index (χ0v) is 19.7. The van der Waals surface area contributed by atoms with Crippen molar-refractivity contribution in [2.45, 2.75) is 6.17 Å². The molecule has 0 bridgehead atoms. The molecule has 1 aliphatic heterocycles. The molecular formula is C24H20Cl2N4OS. The summed E-state index contributed by atoms with van der Waals surface area (Å²) < 4.78 is 0. The van der Waals surface area contributed by atoms with E-state index >= 15 is 0 Å². The highest BCUT2D eigenvalue weighted by molar-refractivity contribution is 7.80. The minimum Gasteiger partial charge on any atom is -0.333 e. The second kappa shape index (κ2) is 9.28. The zero-order chi connectivity index (χ0) is 22.8. The van der Waals surface area contributed by atoms with Gasteiger partial charge in [0.05, 0.1) is 11.4 Å². The molecule has 1 unspecified atom stereocenters. The fourth-order valence-corrected chi connectivity index (χ4v) is 4.06. The highest BCUT2D eigenvalue weighted by atomic mass is 35.5. The van der Waals surface area contributed by atoms with Crippen LogP contribution in [0.3, 0.4) is 0 Å². The summed E-state index contributed by atoms with van der Waals surface area (Å²) in [4.78, 5) is 21.5. The first-order chi connectivity index (χ1) is 15.3. The maximum atomic E-state index is 13.3. The molecule has 0 aliphatic carbocycles. The van der Waals surface area contributed by atoms with Crippen molar-refractivity contribution >= 4 is 63.5 Å².